The third-order valence-electron chi connectivity index (χ3n) is 5.93. The summed E-state index contributed by atoms with van der Waals surface area (Å²) < 4.78 is 11.1. The van der Waals surface area contributed by atoms with Crippen LogP contribution in [-0.2, 0) is 9.53 Å². The van der Waals surface area contributed by atoms with E-state index < -0.39 is 12.0 Å². The number of aryl methyl sites for hydroxylation is 1. The largest absolute Gasteiger partial charge is 0.464 e. The van der Waals surface area contributed by atoms with Crippen molar-refractivity contribution in [2.45, 2.75) is 38.6 Å². The second-order valence-electron chi connectivity index (χ2n) is 8.05. The second kappa shape index (κ2) is 9.39. The van der Waals surface area contributed by atoms with Gasteiger partial charge in [0.1, 0.15) is 17.6 Å². The Hall–Kier alpha value is -3.06. The van der Waals surface area contributed by atoms with Crippen LogP contribution in [0, 0.1) is 6.92 Å². The number of carbonyl (C=O) groups is 2. The van der Waals surface area contributed by atoms with Crippen LogP contribution in [0.25, 0.3) is 0 Å². The van der Waals surface area contributed by atoms with Crippen molar-refractivity contribution < 1.29 is 18.7 Å². The van der Waals surface area contributed by atoms with Crippen molar-refractivity contribution in [3.05, 3.63) is 70.8 Å². The lowest BCUT2D eigenvalue weighted by atomic mass is 9.89. The van der Waals surface area contributed by atoms with Crippen LogP contribution in [0.3, 0.4) is 0 Å². The number of piperidine rings is 1. The fourth-order valence-electron chi connectivity index (χ4n) is 4.39. The van der Waals surface area contributed by atoms with Crippen molar-refractivity contribution in [1.82, 2.24) is 15.5 Å². The number of benzene rings is 1. The number of carbonyl (C=O) groups excluding carboxylic acids is 2. The third-order valence-corrected chi connectivity index (χ3v) is 5.93. The first kappa shape index (κ1) is 21.2. The molecule has 2 amide bonds. The summed E-state index contributed by atoms with van der Waals surface area (Å²) >= 11 is 0. The van der Waals surface area contributed by atoms with E-state index in [9.17, 15) is 9.59 Å². The predicted octanol–water partition coefficient (Wildman–Crippen LogP) is 3.64. The summed E-state index contributed by atoms with van der Waals surface area (Å²) in [6.07, 6.45) is 2.08. The highest BCUT2D eigenvalue weighted by Crippen LogP contribution is 2.31. The molecule has 0 unspecified atom stereocenters. The molecule has 7 heteroatoms. The number of rotatable bonds is 6. The number of urea groups is 1. The first-order valence-electron chi connectivity index (χ1n) is 10.9. The molecule has 0 bridgehead atoms. The predicted molar refractivity (Wildman–Crippen MR) is 116 cm³/mol. The Labute approximate surface area is 182 Å². The maximum absolute atomic E-state index is 12.9. The minimum atomic E-state index is -0.668. The van der Waals surface area contributed by atoms with Gasteiger partial charge in [-0.2, -0.15) is 0 Å². The highest BCUT2D eigenvalue weighted by atomic mass is 16.5. The molecular weight excluding hydrogens is 394 g/mol. The van der Waals surface area contributed by atoms with Crippen molar-refractivity contribution in [2.75, 3.05) is 26.2 Å². The Bertz CT molecular complexity index is 958. The lowest BCUT2D eigenvalue weighted by Crippen LogP contribution is -2.49. The van der Waals surface area contributed by atoms with E-state index in [1.807, 2.05) is 19.1 Å². The first-order chi connectivity index (χ1) is 15.0. The van der Waals surface area contributed by atoms with Gasteiger partial charge in [-0.05, 0) is 63.4 Å². The zero-order valence-corrected chi connectivity index (χ0v) is 18.0. The highest BCUT2D eigenvalue weighted by Gasteiger charge is 2.36. The second-order valence-corrected chi connectivity index (χ2v) is 8.05. The average molecular weight is 424 g/mol. The van der Waals surface area contributed by atoms with E-state index in [1.54, 1.807) is 13.0 Å². The Kier molecular flexibility index (Phi) is 6.42. The van der Waals surface area contributed by atoms with E-state index in [4.69, 9.17) is 9.15 Å². The first-order valence-corrected chi connectivity index (χ1v) is 10.9. The van der Waals surface area contributed by atoms with E-state index >= 15 is 0 Å². The summed E-state index contributed by atoms with van der Waals surface area (Å²) in [6, 6.07) is 13.2. The van der Waals surface area contributed by atoms with Crippen molar-refractivity contribution >= 4 is 12.0 Å². The van der Waals surface area contributed by atoms with Crippen LogP contribution in [0.1, 0.15) is 48.8 Å². The van der Waals surface area contributed by atoms with Crippen LogP contribution < -0.4 is 10.6 Å². The monoisotopic (exact) mass is 423 g/mol. The van der Waals surface area contributed by atoms with Gasteiger partial charge in [-0.25, -0.2) is 9.59 Å². The number of hydrogen-bond donors (Lipinski definition) is 2. The number of amides is 2. The molecule has 1 aromatic heterocycles. The van der Waals surface area contributed by atoms with E-state index in [0.717, 1.165) is 31.7 Å². The third kappa shape index (κ3) is 4.82. The van der Waals surface area contributed by atoms with Gasteiger partial charge in [0.15, 0.2) is 0 Å². The number of likely N-dealkylation sites (tertiary alicyclic amines) is 1. The molecule has 164 valence electrons. The molecule has 1 atom stereocenters. The highest BCUT2D eigenvalue weighted by molar-refractivity contribution is 5.95. The summed E-state index contributed by atoms with van der Waals surface area (Å²) in [7, 11) is 0. The van der Waals surface area contributed by atoms with Gasteiger partial charge in [-0.1, -0.05) is 30.3 Å². The van der Waals surface area contributed by atoms with E-state index in [0.29, 0.717) is 29.5 Å². The van der Waals surface area contributed by atoms with Crippen molar-refractivity contribution in [3.8, 4) is 0 Å². The van der Waals surface area contributed by atoms with Crippen molar-refractivity contribution in [1.29, 1.82) is 0 Å². The van der Waals surface area contributed by atoms with Crippen molar-refractivity contribution in [3.63, 3.8) is 0 Å². The van der Waals surface area contributed by atoms with Gasteiger partial charge in [-0.15, -0.1) is 0 Å². The van der Waals surface area contributed by atoms with Crippen LogP contribution in [0.5, 0.6) is 0 Å². The molecule has 0 saturated carbocycles. The van der Waals surface area contributed by atoms with Gasteiger partial charge in [-0.3, -0.25) is 4.90 Å². The SMILES string of the molecule is CCOC(=O)C1=C(CN2CCC(c3ccccc3)CC2)NC(=O)N[C@H]1c1ccc(C)o1. The molecule has 1 fully saturated rings. The van der Waals surface area contributed by atoms with Gasteiger partial charge in [0.2, 0.25) is 0 Å². The summed E-state index contributed by atoms with van der Waals surface area (Å²) in [4.78, 5) is 27.5. The molecule has 0 spiro atoms. The molecule has 3 heterocycles. The van der Waals surface area contributed by atoms with Crippen LogP contribution in [0.2, 0.25) is 0 Å². The fraction of sp³-hybridized carbons (Fsp3) is 0.417. The summed E-state index contributed by atoms with van der Waals surface area (Å²) in [5.74, 6) is 1.34. The van der Waals surface area contributed by atoms with Crippen molar-refractivity contribution in [2.24, 2.45) is 0 Å². The van der Waals surface area contributed by atoms with Gasteiger partial charge < -0.3 is 19.8 Å². The van der Waals surface area contributed by atoms with Crippen LogP contribution in [-0.4, -0.2) is 43.1 Å². The molecule has 1 aromatic carbocycles. The topological polar surface area (TPSA) is 83.8 Å². The quantitative estimate of drug-likeness (QED) is 0.693. The molecule has 2 N–H and O–H groups in total. The molecule has 7 nitrogen and oxygen atoms in total. The molecule has 1 saturated heterocycles. The number of nitrogens with one attached hydrogen (secondary N) is 2. The molecule has 2 aliphatic rings. The smallest absolute Gasteiger partial charge is 0.338 e. The molecular formula is C24H29N3O4. The van der Waals surface area contributed by atoms with E-state index in [-0.39, 0.29) is 12.6 Å². The van der Waals surface area contributed by atoms with Gasteiger partial charge in [0, 0.05) is 12.2 Å². The van der Waals surface area contributed by atoms with Crippen LogP contribution >= 0.6 is 0 Å². The van der Waals surface area contributed by atoms with E-state index in [1.165, 1.54) is 5.56 Å². The van der Waals surface area contributed by atoms with Gasteiger partial charge >= 0.3 is 12.0 Å². The summed E-state index contributed by atoms with van der Waals surface area (Å²) in [6.45, 7) is 6.14. The lowest BCUT2D eigenvalue weighted by Gasteiger charge is -2.35. The standard InChI is InChI=1S/C24H29N3O4/c1-3-30-23(28)21-19(25-24(29)26-22(21)20-10-9-16(2)31-20)15-27-13-11-18(12-14-27)17-7-5-4-6-8-17/h4-10,18,22H,3,11-15H2,1-2H3,(H2,25,26,29)/t22-/m0/s1. The maximum Gasteiger partial charge on any atom is 0.338 e. The molecule has 2 aliphatic heterocycles. The number of ether oxygens (including phenoxy) is 1. The Morgan fingerprint density at radius 1 is 1.16 bits per heavy atom. The normalized spacial score (nSPS) is 20.3. The molecule has 2 aromatic rings. The molecule has 0 radical (unpaired) electrons. The minimum absolute atomic E-state index is 0.260. The number of nitrogens with zero attached hydrogens (tertiary/aromatic N) is 1. The maximum atomic E-state index is 12.9. The number of hydrogen-bond acceptors (Lipinski definition) is 5. The van der Waals surface area contributed by atoms with E-state index in [2.05, 4.69) is 39.8 Å². The molecule has 0 aliphatic carbocycles. The minimum Gasteiger partial charge on any atom is -0.464 e. The lowest BCUT2D eigenvalue weighted by molar-refractivity contribution is -0.139. The summed E-state index contributed by atoms with van der Waals surface area (Å²) in [5.41, 5.74) is 2.36. The fourth-order valence-corrected chi connectivity index (χ4v) is 4.39. The Balaban J connectivity index is 1.54. The average Bonchev–Trinajstić information content (AvgIpc) is 3.21. The zero-order valence-electron chi connectivity index (χ0n) is 18.0. The van der Waals surface area contributed by atoms with Gasteiger partial charge in [0.25, 0.3) is 0 Å². The number of esters is 1. The van der Waals surface area contributed by atoms with Gasteiger partial charge in [0.05, 0.1) is 12.2 Å². The van der Waals surface area contributed by atoms with Crippen LogP contribution in [0.15, 0.2) is 58.2 Å². The summed E-state index contributed by atoms with van der Waals surface area (Å²) in [5, 5.41) is 5.66. The zero-order chi connectivity index (χ0) is 21.8. The molecule has 4 rings (SSSR count). The Morgan fingerprint density at radius 3 is 2.55 bits per heavy atom. The van der Waals surface area contributed by atoms with Crippen LogP contribution in [0.4, 0.5) is 4.79 Å². The molecule has 31 heavy (non-hydrogen) atoms. The Morgan fingerprint density at radius 2 is 1.90 bits per heavy atom. The number of furan rings is 1.